The first kappa shape index (κ1) is 23.0. The lowest BCUT2D eigenvalue weighted by Gasteiger charge is -2.36. The maximum absolute atomic E-state index is 13.4. The van der Waals surface area contributed by atoms with Gasteiger partial charge in [-0.05, 0) is 60.9 Å². The number of fused-ring (bicyclic) bond motifs is 1. The number of piperazine rings is 1. The second-order valence-electron chi connectivity index (χ2n) is 9.51. The third kappa shape index (κ3) is 4.60. The molecule has 0 spiro atoms. The van der Waals surface area contributed by atoms with Gasteiger partial charge in [-0.3, -0.25) is 9.59 Å². The number of benzene rings is 2. The van der Waals surface area contributed by atoms with E-state index in [9.17, 15) is 9.59 Å². The number of carbonyl (C=O) groups excluding carboxylic acids is 2. The predicted molar refractivity (Wildman–Crippen MR) is 146 cm³/mol. The second-order valence-corrected chi connectivity index (χ2v) is 9.51. The van der Waals surface area contributed by atoms with Crippen molar-refractivity contribution >= 4 is 28.9 Å². The van der Waals surface area contributed by atoms with Crippen molar-refractivity contribution < 1.29 is 9.59 Å². The lowest BCUT2D eigenvalue weighted by molar-refractivity contribution is -0.112. The highest BCUT2D eigenvalue weighted by molar-refractivity contribution is 6.47. The number of aryl methyl sites for hydroxylation is 1. The average Bonchev–Trinajstić information content (AvgIpc) is 3.56. The zero-order valence-electron chi connectivity index (χ0n) is 20.6. The molecule has 1 amide bonds. The molecule has 2 aromatic carbocycles. The van der Waals surface area contributed by atoms with Crippen LogP contribution in [0.15, 0.2) is 85.1 Å². The van der Waals surface area contributed by atoms with Gasteiger partial charge in [0.05, 0.1) is 0 Å². The summed E-state index contributed by atoms with van der Waals surface area (Å²) in [5, 5.41) is 2.82. The lowest BCUT2D eigenvalue weighted by Crippen LogP contribution is -2.46. The fourth-order valence-electron chi connectivity index (χ4n) is 5.35. The molecule has 1 N–H and O–H groups in total. The summed E-state index contributed by atoms with van der Waals surface area (Å²) in [6, 6.07) is 25.6. The number of pyridine rings is 1. The van der Waals surface area contributed by atoms with Crippen molar-refractivity contribution in [2.45, 2.75) is 19.4 Å². The molecule has 0 unspecified atom stereocenters. The molecule has 0 aliphatic carbocycles. The van der Waals surface area contributed by atoms with E-state index in [1.807, 2.05) is 83.6 Å². The van der Waals surface area contributed by atoms with Crippen LogP contribution in [0.1, 0.15) is 22.6 Å². The summed E-state index contributed by atoms with van der Waals surface area (Å²) >= 11 is 0. The predicted octanol–water partition coefficient (Wildman–Crippen LogP) is 4.64. The Balaban J connectivity index is 1.13. The molecule has 1 fully saturated rings. The van der Waals surface area contributed by atoms with Crippen molar-refractivity contribution in [1.29, 1.82) is 0 Å². The van der Waals surface area contributed by atoms with E-state index < -0.39 is 11.7 Å². The quantitative estimate of drug-likeness (QED) is 0.314. The Hall–Kier alpha value is -4.39. The van der Waals surface area contributed by atoms with E-state index in [1.54, 1.807) is 0 Å². The van der Waals surface area contributed by atoms with E-state index in [4.69, 9.17) is 0 Å². The van der Waals surface area contributed by atoms with Gasteiger partial charge in [0.15, 0.2) is 0 Å². The van der Waals surface area contributed by atoms with E-state index in [2.05, 4.69) is 26.2 Å². The summed E-state index contributed by atoms with van der Waals surface area (Å²) in [6.07, 6.45) is 3.74. The number of Topliss-reactive ketones (excluding diaryl/α,β-unsaturated/α-hetero) is 1. The standard InChI is InChI=1S/C30H29N5O2/c36-29(28-26(22-7-2-1-3-8-22)21-25-9-6-16-35(25)28)30(37)32-23-11-13-24(14-12-23)33-17-19-34(20-18-33)27-10-4-5-15-31-27/h1-5,7-8,10-15,21H,6,9,16-20H2,(H,32,37). The molecule has 37 heavy (non-hydrogen) atoms. The number of anilines is 3. The van der Waals surface area contributed by atoms with Gasteiger partial charge in [-0.15, -0.1) is 0 Å². The third-order valence-corrected chi connectivity index (χ3v) is 7.25. The minimum atomic E-state index is -0.610. The lowest BCUT2D eigenvalue weighted by atomic mass is 10.0. The highest BCUT2D eigenvalue weighted by Gasteiger charge is 2.29. The molecular formula is C30H29N5O2. The number of hydrogen-bond acceptors (Lipinski definition) is 5. The largest absolute Gasteiger partial charge is 0.368 e. The molecule has 0 saturated carbocycles. The first-order valence-corrected chi connectivity index (χ1v) is 12.8. The maximum Gasteiger partial charge on any atom is 0.298 e. The molecule has 2 aliphatic rings. The number of carbonyl (C=O) groups is 2. The van der Waals surface area contributed by atoms with Crippen molar-refractivity contribution in [2.75, 3.05) is 41.3 Å². The molecule has 4 heterocycles. The molecule has 2 aromatic heterocycles. The van der Waals surface area contributed by atoms with Crippen molar-refractivity contribution in [1.82, 2.24) is 9.55 Å². The summed E-state index contributed by atoms with van der Waals surface area (Å²) in [5.74, 6) is -0.0997. The Labute approximate surface area is 216 Å². The summed E-state index contributed by atoms with van der Waals surface area (Å²) in [5.41, 5.74) is 5.09. The van der Waals surface area contributed by atoms with Crippen LogP contribution in [0.3, 0.4) is 0 Å². The van der Waals surface area contributed by atoms with E-state index in [0.717, 1.165) is 73.9 Å². The van der Waals surface area contributed by atoms with Crippen LogP contribution in [0.5, 0.6) is 0 Å². The van der Waals surface area contributed by atoms with Gasteiger partial charge in [-0.2, -0.15) is 0 Å². The molecule has 7 heteroatoms. The third-order valence-electron chi connectivity index (χ3n) is 7.25. The Kier molecular flexibility index (Phi) is 6.18. The number of rotatable bonds is 6. The maximum atomic E-state index is 13.4. The molecule has 0 radical (unpaired) electrons. The van der Waals surface area contributed by atoms with Gasteiger partial charge in [-0.1, -0.05) is 36.4 Å². The van der Waals surface area contributed by atoms with Crippen molar-refractivity contribution in [3.05, 3.63) is 96.4 Å². The van der Waals surface area contributed by atoms with E-state index >= 15 is 0 Å². The number of hydrogen-bond donors (Lipinski definition) is 1. The summed E-state index contributed by atoms with van der Waals surface area (Å²) in [7, 11) is 0. The number of aromatic nitrogens is 2. The number of nitrogens with one attached hydrogen (secondary N) is 1. The minimum Gasteiger partial charge on any atom is -0.368 e. The molecular weight excluding hydrogens is 462 g/mol. The van der Waals surface area contributed by atoms with Crippen LogP contribution in [-0.2, 0) is 17.8 Å². The molecule has 7 nitrogen and oxygen atoms in total. The van der Waals surface area contributed by atoms with Crippen LogP contribution in [0.25, 0.3) is 11.1 Å². The highest BCUT2D eigenvalue weighted by atomic mass is 16.2. The van der Waals surface area contributed by atoms with Gasteiger partial charge < -0.3 is 19.7 Å². The van der Waals surface area contributed by atoms with Crippen LogP contribution in [-0.4, -0.2) is 47.4 Å². The molecule has 6 rings (SSSR count). The Morgan fingerprint density at radius 2 is 1.51 bits per heavy atom. The highest BCUT2D eigenvalue weighted by Crippen LogP contribution is 2.32. The monoisotopic (exact) mass is 491 g/mol. The van der Waals surface area contributed by atoms with Gasteiger partial charge >= 0.3 is 0 Å². The summed E-state index contributed by atoms with van der Waals surface area (Å²) < 4.78 is 2.01. The van der Waals surface area contributed by atoms with Crippen molar-refractivity contribution in [2.24, 2.45) is 0 Å². The van der Waals surface area contributed by atoms with E-state index in [-0.39, 0.29) is 0 Å². The molecule has 1 saturated heterocycles. The Morgan fingerprint density at radius 1 is 0.784 bits per heavy atom. The molecule has 186 valence electrons. The van der Waals surface area contributed by atoms with Crippen LogP contribution < -0.4 is 15.1 Å². The van der Waals surface area contributed by atoms with Crippen LogP contribution in [0.4, 0.5) is 17.2 Å². The van der Waals surface area contributed by atoms with Gasteiger partial charge in [0.1, 0.15) is 11.5 Å². The Bertz CT molecular complexity index is 1410. The van der Waals surface area contributed by atoms with Crippen LogP contribution in [0.2, 0.25) is 0 Å². The molecule has 4 aromatic rings. The van der Waals surface area contributed by atoms with Crippen molar-refractivity contribution in [3.8, 4) is 11.1 Å². The van der Waals surface area contributed by atoms with E-state index in [0.29, 0.717) is 11.4 Å². The smallest absolute Gasteiger partial charge is 0.298 e. The molecule has 2 aliphatic heterocycles. The number of ketones is 1. The SMILES string of the molecule is O=C(Nc1ccc(N2CCN(c3ccccn3)CC2)cc1)C(=O)c1c(-c2ccccc2)cc2n1CCC2. The number of amides is 1. The topological polar surface area (TPSA) is 70.5 Å². The van der Waals surface area contributed by atoms with Gasteiger partial charge in [0, 0.05) is 61.6 Å². The molecule has 0 bridgehead atoms. The van der Waals surface area contributed by atoms with Gasteiger partial charge in [0.2, 0.25) is 0 Å². The first-order valence-electron chi connectivity index (χ1n) is 12.8. The zero-order chi connectivity index (χ0) is 25.2. The van der Waals surface area contributed by atoms with Gasteiger partial charge in [0.25, 0.3) is 11.7 Å². The summed E-state index contributed by atoms with van der Waals surface area (Å²) in [6.45, 7) is 4.34. The Morgan fingerprint density at radius 3 is 2.24 bits per heavy atom. The second kappa shape index (κ2) is 9.93. The van der Waals surface area contributed by atoms with Crippen LogP contribution in [0, 0.1) is 0 Å². The summed E-state index contributed by atoms with van der Waals surface area (Å²) in [4.78, 5) is 35.5. The van der Waals surface area contributed by atoms with Crippen LogP contribution >= 0.6 is 0 Å². The molecule has 0 atom stereocenters. The average molecular weight is 492 g/mol. The zero-order valence-corrected chi connectivity index (χ0v) is 20.6. The van der Waals surface area contributed by atoms with Gasteiger partial charge in [-0.25, -0.2) is 4.98 Å². The number of nitrogens with zero attached hydrogens (tertiary/aromatic N) is 4. The first-order chi connectivity index (χ1) is 18.2. The fourth-order valence-corrected chi connectivity index (χ4v) is 5.35. The van der Waals surface area contributed by atoms with E-state index in [1.165, 1.54) is 0 Å². The fraction of sp³-hybridized carbons (Fsp3) is 0.233. The van der Waals surface area contributed by atoms with Crippen molar-refractivity contribution in [3.63, 3.8) is 0 Å². The normalized spacial score (nSPS) is 14.9. The minimum absolute atomic E-state index is 0.485.